The SMILES string of the molecule is FC(F)(F)c1cnc2c(c1)NCC1CNCCN21. The van der Waals surface area contributed by atoms with Crippen LogP contribution in [-0.4, -0.2) is 37.2 Å². The number of halogens is 3. The molecule has 4 nitrogen and oxygen atoms in total. The van der Waals surface area contributed by atoms with Gasteiger partial charge in [0.2, 0.25) is 0 Å². The number of piperazine rings is 1. The molecule has 3 rings (SSSR count). The highest BCUT2D eigenvalue weighted by molar-refractivity contribution is 5.69. The van der Waals surface area contributed by atoms with Crippen molar-refractivity contribution in [2.45, 2.75) is 12.2 Å². The lowest BCUT2D eigenvalue weighted by Crippen LogP contribution is -2.56. The number of anilines is 2. The minimum Gasteiger partial charge on any atom is -0.380 e. The predicted octanol–water partition coefficient (Wildman–Crippen LogP) is 1.30. The summed E-state index contributed by atoms with van der Waals surface area (Å²) in [6.07, 6.45) is -3.44. The third kappa shape index (κ3) is 1.88. The van der Waals surface area contributed by atoms with Gasteiger partial charge >= 0.3 is 6.18 Å². The first-order valence-electron chi connectivity index (χ1n) is 5.84. The van der Waals surface area contributed by atoms with Gasteiger partial charge in [-0.15, -0.1) is 0 Å². The maximum atomic E-state index is 12.6. The van der Waals surface area contributed by atoms with Crippen LogP contribution >= 0.6 is 0 Å². The molecular formula is C11H13F3N4. The highest BCUT2D eigenvalue weighted by Gasteiger charge is 2.34. The molecule has 0 saturated carbocycles. The molecule has 98 valence electrons. The van der Waals surface area contributed by atoms with Crippen molar-refractivity contribution in [1.82, 2.24) is 10.3 Å². The molecule has 2 N–H and O–H groups in total. The maximum absolute atomic E-state index is 12.6. The van der Waals surface area contributed by atoms with Gasteiger partial charge in [0.25, 0.3) is 0 Å². The Labute approximate surface area is 102 Å². The average Bonchev–Trinajstić information content (AvgIpc) is 2.37. The van der Waals surface area contributed by atoms with Crippen LogP contribution in [0, 0.1) is 0 Å². The summed E-state index contributed by atoms with van der Waals surface area (Å²) in [5.74, 6) is 0.626. The number of pyridine rings is 1. The van der Waals surface area contributed by atoms with Crippen molar-refractivity contribution in [3.8, 4) is 0 Å². The highest BCUT2D eigenvalue weighted by Crippen LogP contribution is 2.36. The first-order chi connectivity index (χ1) is 8.55. The van der Waals surface area contributed by atoms with Crippen molar-refractivity contribution in [3.05, 3.63) is 17.8 Å². The summed E-state index contributed by atoms with van der Waals surface area (Å²) in [7, 11) is 0. The lowest BCUT2D eigenvalue weighted by molar-refractivity contribution is -0.137. The minimum absolute atomic E-state index is 0.260. The molecule has 0 spiro atoms. The van der Waals surface area contributed by atoms with E-state index in [1.807, 2.05) is 0 Å². The first kappa shape index (κ1) is 11.6. The summed E-state index contributed by atoms with van der Waals surface area (Å²) in [4.78, 5) is 6.06. The zero-order valence-electron chi connectivity index (χ0n) is 9.59. The van der Waals surface area contributed by atoms with Gasteiger partial charge in [-0.05, 0) is 6.07 Å². The predicted molar refractivity (Wildman–Crippen MR) is 61.7 cm³/mol. The summed E-state index contributed by atoms with van der Waals surface area (Å²) in [5, 5.41) is 6.29. The molecular weight excluding hydrogens is 245 g/mol. The Morgan fingerprint density at radius 1 is 1.33 bits per heavy atom. The number of rotatable bonds is 0. The van der Waals surface area contributed by atoms with Crippen LogP contribution in [0.4, 0.5) is 24.7 Å². The topological polar surface area (TPSA) is 40.2 Å². The molecule has 1 aromatic heterocycles. The molecule has 0 aliphatic carbocycles. The second-order valence-electron chi connectivity index (χ2n) is 4.53. The lowest BCUT2D eigenvalue weighted by Gasteiger charge is -2.41. The molecule has 0 bridgehead atoms. The zero-order valence-corrected chi connectivity index (χ0v) is 9.59. The first-order valence-corrected chi connectivity index (χ1v) is 5.84. The van der Waals surface area contributed by atoms with E-state index >= 15 is 0 Å². The third-order valence-corrected chi connectivity index (χ3v) is 3.34. The van der Waals surface area contributed by atoms with Crippen molar-refractivity contribution in [3.63, 3.8) is 0 Å². The number of hydrogen-bond acceptors (Lipinski definition) is 4. The van der Waals surface area contributed by atoms with E-state index in [4.69, 9.17) is 0 Å². The van der Waals surface area contributed by atoms with Crippen LogP contribution in [0.2, 0.25) is 0 Å². The van der Waals surface area contributed by atoms with Gasteiger partial charge in [0.1, 0.15) is 0 Å². The number of aromatic nitrogens is 1. The van der Waals surface area contributed by atoms with Gasteiger partial charge in [-0.2, -0.15) is 13.2 Å². The van der Waals surface area contributed by atoms with E-state index in [0.29, 0.717) is 18.1 Å². The molecule has 7 heteroatoms. The van der Waals surface area contributed by atoms with Gasteiger partial charge in [-0.25, -0.2) is 4.98 Å². The fraction of sp³-hybridized carbons (Fsp3) is 0.545. The molecule has 0 aromatic carbocycles. The van der Waals surface area contributed by atoms with Crippen molar-refractivity contribution >= 4 is 11.5 Å². The minimum atomic E-state index is -4.34. The maximum Gasteiger partial charge on any atom is 0.417 e. The normalized spacial score (nSPS) is 23.1. The summed E-state index contributed by atoms with van der Waals surface area (Å²) in [5.41, 5.74) is -0.231. The second-order valence-corrected chi connectivity index (χ2v) is 4.53. The number of nitrogens with zero attached hydrogens (tertiary/aromatic N) is 2. The fourth-order valence-corrected chi connectivity index (χ4v) is 2.42. The molecule has 0 radical (unpaired) electrons. The van der Waals surface area contributed by atoms with E-state index in [1.54, 1.807) is 0 Å². The van der Waals surface area contributed by atoms with Crippen molar-refractivity contribution in [2.24, 2.45) is 0 Å². The molecule has 1 fully saturated rings. The Hall–Kier alpha value is -1.50. The van der Waals surface area contributed by atoms with E-state index in [1.165, 1.54) is 0 Å². The van der Waals surface area contributed by atoms with Crippen LogP contribution in [0.1, 0.15) is 5.56 Å². The van der Waals surface area contributed by atoms with E-state index in [-0.39, 0.29) is 6.04 Å². The second kappa shape index (κ2) is 4.01. The Balaban J connectivity index is 1.96. The average molecular weight is 258 g/mol. The molecule has 0 amide bonds. The number of nitrogens with one attached hydrogen (secondary N) is 2. The molecule has 1 saturated heterocycles. The smallest absolute Gasteiger partial charge is 0.380 e. The largest absolute Gasteiger partial charge is 0.417 e. The standard InChI is InChI=1S/C11H13F3N4/c12-11(13,14)7-3-9-10(17-4-7)18-2-1-15-5-8(18)6-16-9/h3-4,8,15-16H,1-2,5-6H2. The molecule has 1 atom stereocenters. The number of alkyl halides is 3. The summed E-state index contributed by atoms with van der Waals surface area (Å²) in [6.45, 7) is 3.08. The van der Waals surface area contributed by atoms with Gasteiger partial charge in [0.05, 0.1) is 17.3 Å². The summed E-state index contributed by atoms with van der Waals surface area (Å²) < 4.78 is 37.8. The van der Waals surface area contributed by atoms with Gasteiger partial charge in [0.15, 0.2) is 5.82 Å². The molecule has 2 aliphatic rings. The summed E-state index contributed by atoms with van der Waals surface area (Å²) >= 11 is 0. The van der Waals surface area contributed by atoms with E-state index in [2.05, 4.69) is 20.5 Å². The van der Waals surface area contributed by atoms with Crippen LogP contribution in [0.5, 0.6) is 0 Å². The number of hydrogen-bond donors (Lipinski definition) is 2. The van der Waals surface area contributed by atoms with Crippen molar-refractivity contribution < 1.29 is 13.2 Å². The van der Waals surface area contributed by atoms with E-state index in [9.17, 15) is 13.2 Å². The van der Waals surface area contributed by atoms with Crippen LogP contribution in [0.15, 0.2) is 12.3 Å². The fourth-order valence-electron chi connectivity index (χ4n) is 2.42. The molecule has 1 aromatic rings. The Morgan fingerprint density at radius 3 is 2.94 bits per heavy atom. The van der Waals surface area contributed by atoms with Gasteiger partial charge in [0, 0.05) is 32.4 Å². The van der Waals surface area contributed by atoms with Crippen LogP contribution in [0.3, 0.4) is 0 Å². The van der Waals surface area contributed by atoms with Gasteiger partial charge in [-0.1, -0.05) is 0 Å². The third-order valence-electron chi connectivity index (χ3n) is 3.34. The zero-order chi connectivity index (χ0) is 12.8. The van der Waals surface area contributed by atoms with Crippen molar-refractivity contribution in [1.29, 1.82) is 0 Å². The monoisotopic (exact) mass is 258 g/mol. The highest BCUT2D eigenvalue weighted by atomic mass is 19.4. The Bertz CT molecular complexity index is 460. The van der Waals surface area contributed by atoms with Crippen LogP contribution < -0.4 is 15.5 Å². The van der Waals surface area contributed by atoms with Crippen molar-refractivity contribution in [2.75, 3.05) is 36.4 Å². The van der Waals surface area contributed by atoms with Crippen LogP contribution in [0.25, 0.3) is 0 Å². The van der Waals surface area contributed by atoms with E-state index in [0.717, 1.165) is 31.9 Å². The van der Waals surface area contributed by atoms with Crippen LogP contribution in [-0.2, 0) is 6.18 Å². The lowest BCUT2D eigenvalue weighted by atomic mass is 10.1. The van der Waals surface area contributed by atoms with Gasteiger partial charge < -0.3 is 15.5 Å². The number of fused-ring (bicyclic) bond motifs is 3. The molecule has 1 unspecified atom stereocenters. The Kier molecular flexibility index (Phi) is 2.58. The summed E-state index contributed by atoms with van der Waals surface area (Å²) in [6, 6.07) is 1.40. The molecule has 18 heavy (non-hydrogen) atoms. The molecule has 3 heterocycles. The molecule has 2 aliphatic heterocycles. The Morgan fingerprint density at radius 2 is 2.17 bits per heavy atom. The van der Waals surface area contributed by atoms with E-state index < -0.39 is 11.7 Å². The van der Waals surface area contributed by atoms with Gasteiger partial charge in [-0.3, -0.25) is 0 Å². The quantitative estimate of drug-likeness (QED) is 0.736.